The minimum Gasteiger partial charge on any atom is -0.478 e. The predicted molar refractivity (Wildman–Crippen MR) is 149 cm³/mol. The van der Waals surface area contributed by atoms with Crippen LogP contribution in [0.2, 0.25) is 0 Å². The molecule has 198 valence electrons. The summed E-state index contributed by atoms with van der Waals surface area (Å²) in [6.45, 7) is 9.32. The third-order valence-electron chi connectivity index (χ3n) is 7.58. The van der Waals surface area contributed by atoms with Gasteiger partial charge in [0.2, 0.25) is 0 Å². The van der Waals surface area contributed by atoms with Crippen molar-refractivity contribution in [3.8, 4) is 0 Å². The van der Waals surface area contributed by atoms with Crippen LogP contribution in [0.5, 0.6) is 0 Å². The minimum absolute atomic E-state index is 0.0218. The number of rotatable bonds is 7. The van der Waals surface area contributed by atoms with Crippen LogP contribution in [-0.2, 0) is 16.1 Å². The summed E-state index contributed by atoms with van der Waals surface area (Å²) in [4.78, 5) is 27.5. The molecule has 2 aliphatic heterocycles. The van der Waals surface area contributed by atoms with Crippen molar-refractivity contribution in [3.63, 3.8) is 0 Å². The van der Waals surface area contributed by atoms with Crippen molar-refractivity contribution in [2.45, 2.75) is 71.8 Å². The molecule has 0 saturated carbocycles. The first-order valence-corrected chi connectivity index (χ1v) is 13.7. The molecule has 1 aromatic carbocycles. The highest BCUT2D eigenvalue weighted by Crippen LogP contribution is 2.39. The number of hydrogen-bond acceptors (Lipinski definition) is 3. The van der Waals surface area contributed by atoms with Crippen molar-refractivity contribution in [3.05, 3.63) is 64.9 Å². The number of nitrogens with zero attached hydrogens (tertiary/aromatic N) is 2. The van der Waals surface area contributed by atoms with E-state index in [2.05, 4.69) is 37.5 Å². The van der Waals surface area contributed by atoms with Crippen LogP contribution in [0.3, 0.4) is 0 Å². The Hall–Kier alpha value is -3.12. The molecule has 0 aliphatic carbocycles. The molecular weight excluding hydrogens is 464 g/mol. The zero-order valence-corrected chi connectivity index (χ0v) is 22.5. The standard InChI is InChI=1S/C31H40N2O4/c1-4-5-8-11-22(2)28-26-15-14-24(31(35)36)20-27(26)33-21-25(30(34)32-16-18-37-19-17-32)13-10-7-6-9-12-23(3)29(28)33/h7,10,12-15,20,22H,4-6,8-9,11,16-19,21H2,1-3H3,(H,35,36)/b10-7+,23-12+,25-13+. The molecule has 1 saturated heterocycles. The molecule has 1 N–H and O–H groups in total. The van der Waals surface area contributed by atoms with E-state index >= 15 is 0 Å². The van der Waals surface area contributed by atoms with Crippen LogP contribution in [0.25, 0.3) is 16.5 Å². The van der Waals surface area contributed by atoms with Crippen LogP contribution < -0.4 is 0 Å². The number of carboxylic acids is 1. The van der Waals surface area contributed by atoms with Crippen LogP contribution in [0, 0.1) is 0 Å². The normalized spacial score (nSPS) is 21.2. The smallest absolute Gasteiger partial charge is 0.335 e. The number of carbonyl (C=O) groups is 2. The maximum absolute atomic E-state index is 13.7. The quantitative estimate of drug-likeness (QED) is 0.433. The van der Waals surface area contributed by atoms with E-state index in [1.165, 1.54) is 24.0 Å². The number of unbranched alkanes of at least 4 members (excludes halogenated alkanes) is 2. The van der Waals surface area contributed by atoms with Gasteiger partial charge in [-0.1, -0.05) is 63.5 Å². The van der Waals surface area contributed by atoms with Gasteiger partial charge in [0.25, 0.3) is 5.91 Å². The minimum atomic E-state index is -0.943. The number of ether oxygens (including phenoxy) is 1. The molecule has 0 radical (unpaired) electrons. The number of morpholine rings is 1. The molecule has 1 unspecified atom stereocenters. The lowest BCUT2D eigenvalue weighted by Gasteiger charge is -2.28. The van der Waals surface area contributed by atoms with Gasteiger partial charge in [-0.05, 0) is 55.4 Å². The van der Waals surface area contributed by atoms with Crippen LogP contribution in [-0.4, -0.2) is 52.8 Å². The summed E-state index contributed by atoms with van der Waals surface area (Å²) in [5.41, 5.74) is 5.42. The lowest BCUT2D eigenvalue weighted by atomic mass is 9.90. The van der Waals surface area contributed by atoms with Gasteiger partial charge in [0, 0.05) is 35.3 Å². The topological polar surface area (TPSA) is 71.8 Å². The Labute approximate surface area is 220 Å². The van der Waals surface area contributed by atoms with Crippen LogP contribution in [0.1, 0.15) is 86.8 Å². The van der Waals surface area contributed by atoms with Crippen molar-refractivity contribution >= 4 is 28.4 Å². The Morgan fingerprint density at radius 1 is 1.14 bits per heavy atom. The van der Waals surface area contributed by atoms with Gasteiger partial charge in [-0.2, -0.15) is 0 Å². The molecule has 2 aromatic rings. The summed E-state index contributed by atoms with van der Waals surface area (Å²) in [6.07, 6.45) is 14.7. The first-order valence-electron chi connectivity index (χ1n) is 13.7. The van der Waals surface area contributed by atoms with Crippen molar-refractivity contribution in [1.82, 2.24) is 9.47 Å². The number of aromatic nitrogens is 1. The van der Waals surface area contributed by atoms with Crippen molar-refractivity contribution in [1.29, 1.82) is 0 Å². The highest BCUT2D eigenvalue weighted by atomic mass is 16.5. The number of carbonyl (C=O) groups excluding carboxylic acids is 1. The lowest BCUT2D eigenvalue weighted by molar-refractivity contribution is -0.131. The van der Waals surface area contributed by atoms with Gasteiger partial charge in [-0.25, -0.2) is 4.79 Å². The van der Waals surface area contributed by atoms with Gasteiger partial charge in [0.05, 0.1) is 25.3 Å². The van der Waals surface area contributed by atoms with Crippen LogP contribution in [0.4, 0.5) is 0 Å². The number of aromatic carboxylic acids is 1. The molecule has 0 spiro atoms. The van der Waals surface area contributed by atoms with Gasteiger partial charge in [0.15, 0.2) is 0 Å². The van der Waals surface area contributed by atoms with Gasteiger partial charge in [-0.3, -0.25) is 4.79 Å². The van der Waals surface area contributed by atoms with Gasteiger partial charge in [-0.15, -0.1) is 0 Å². The Bertz CT molecular complexity index is 1230. The fraction of sp³-hybridized carbons (Fsp3) is 0.484. The van der Waals surface area contributed by atoms with Crippen LogP contribution in [0.15, 0.2) is 48.1 Å². The predicted octanol–water partition coefficient (Wildman–Crippen LogP) is 6.56. The largest absolute Gasteiger partial charge is 0.478 e. The average Bonchev–Trinajstić information content (AvgIpc) is 3.21. The Morgan fingerprint density at radius 3 is 2.65 bits per heavy atom. The molecule has 1 aromatic heterocycles. The number of fused-ring (bicyclic) bond motifs is 3. The Kier molecular flexibility index (Phi) is 9.04. The molecule has 0 bridgehead atoms. The maximum atomic E-state index is 13.7. The second-order valence-electron chi connectivity index (χ2n) is 10.3. The summed E-state index contributed by atoms with van der Waals surface area (Å²) >= 11 is 0. The highest BCUT2D eigenvalue weighted by molar-refractivity contribution is 5.98. The molecule has 4 rings (SSSR count). The van der Waals surface area contributed by atoms with Crippen molar-refractivity contribution in [2.75, 3.05) is 26.3 Å². The van der Waals surface area contributed by atoms with E-state index in [0.29, 0.717) is 44.3 Å². The van der Waals surface area contributed by atoms with E-state index in [9.17, 15) is 14.7 Å². The molecule has 6 heteroatoms. The van der Waals surface area contributed by atoms with Crippen molar-refractivity contribution < 1.29 is 19.4 Å². The SMILES string of the molecule is CCCCCC(C)c1c2n(c3cc(C(=O)O)ccc13)C/C(C(=O)N1CCOCC1)=C\C=C\CC/C=C/2C. The van der Waals surface area contributed by atoms with E-state index in [4.69, 9.17) is 4.74 Å². The summed E-state index contributed by atoms with van der Waals surface area (Å²) in [5.74, 6) is -0.606. The van der Waals surface area contributed by atoms with Crippen LogP contribution >= 0.6 is 0 Å². The molecule has 1 amide bonds. The summed E-state index contributed by atoms with van der Waals surface area (Å²) in [5, 5.41) is 10.9. The molecule has 2 aliphatic rings. The fourth-order valence-electron chi connectivity index (χ4n) is 5.55. The van der Waals surface area contributed by atoms with E-state index in [-0.39, 0.29) is 11.5 Å². The number of hydrogen-bond donors (Lipinski definition) is 1. The first-order chi connectivity index (χ1) is 17.9. The van der Waals surface area contributed by atoms with E-state index in [1.54, 1.807) is 12.1 Å². The second-order valence-corrected chi connectivity index (χ2v) is 10.3. The maximum Gasteiger partial charge on any atom is 0.335 e. The molecule has 1 fully saturated rings. The molecule has 37 heavy (non-hydrogen) atoms. The Morgan fingerprint density at radius 2 is 1.92 bits per heavy atom. The molecular formula is C31H40N2O4. The molecule has 3 heterocycles. The van der Waals surface area contributed by atoms with Gasteiger partial charge in [0.1, 0.15) is 0 Å². The monoisotopic (exact) mass is 504 g/mol. The van der Waals surface area contributed by atoms with Gasteiger partial charge < -0.3 is 19.3 Å². The lowest BCUT2D eigenvalue weighted by Crippen LogP contribution is -2.42. The zero-order valence-electron chi connectivity index (χ0n) is 22.5. The molecule has 6 nitrogen and oxygen atoms in total. The van der Waals surface area contributed by atoms with E-state index in [0.717, 1.165) is 42.3 Å². The third kappa shape index (κ3) is 6.07. The van der Waals surface area contributed by atoms with Crippen molar-refractivity contribution in [2.24, 2.45) is 0 Å². The summed E-state index contributed by atoms with van der Waals surface area (Å²) < 4.78 is 7.67. The highest BCUT2D eigenvalue weighted by Gasteiger charge is 2.27. The number of benzene rings is 1. The van der Waals surface area contributed by atoms with E-state index in [1.807, 2.05) is 23.1 Å². The number of amides is 1. The number of allylic oxidation sites excluding steroid dienone is 5. The fourth-order valence-corrected chi connectivity index (χ4v) is 5.55. The van der Waals surface area contributed by atoms with Gasteiger partial charge >= 0.3 is 5.97 Å². The molecule has 1 atom stereocenters. The third-order valence-corrected chi connectivity index (χ3v) is 7.58. The average molecular weight is 505 g/mol. The number of carboxylic acid groups (broad SMARTS) is 1. The Balaban J connectivity index is 1.90. The summed E-state index contributed by atoms with van der Waals surface area (Å²) in [6, 6.07) is 5.46. The second kappa shape index (κ2) is 12.4. The first kappa shape index (κ1) is 26.9. The zero-order chi connectivity index (χ0) is 26.4. The van der Waals surface area contributed by atoms with E-state index < -0.39 is 5.97 Å². The summed E-state index contributed by atoms with van der Waals surface area (Å²) in [7, 11) is 0.